The van der Waals surface area contributed by atoms with E-state index in [1.54, 1.807) is 30.3 Å². The number of carbonyl (C=O) groups excluding carboxylic acids is 1. The van der Waals surface area contributed by atoms with Gasteiger partial charge in [0.25, 0.3) is 5.91 Å². The van der Waals surface area contributed by atoms with Crippen LogP contribution >= 0.6 is 0 Å². The van der Waals surface area contributed by atoms with Crippen LogP contribution in [0.5, 0.6) is 5.75 Å². The third-order valence-corrected chi connectivity index (χ3v) is 4.09. The van der Waals surface area contributed by atoms with E-state index in [1.807, 2.05) is 6.92 Å². The highest BCUT2D eigenvalue weighted by atomic mass is 19.3. The van der Waals surface area contributed by atoms with E-state index >= 15 is 0 Å². The number of carbonyl (C=O) groups is 2. The number of hydrogen-bond acceptors (Lipinski definition) is 4. The predicted octanol–water partition coefficient (Wildman–Crippen LogP) is 4.07. The highest BCUT2D eigenvalue weighted by Gasteiger charge is 2.20. The van der Waals surface area contributed by atoms with Crippen LogP contribution in [0.25, 0.3) is 0 Å². The van der Waals surface area contributed by atoms with Crippen molar-refractivity contribution in [2.24, 2.45) is 0 Å². The summed E-state index contributed by atoms with van der Waals surface area (Å²) in [5, 5.41) is 12.1. The average molecular weight is 441 g/mol. The zero-order valence-corrected chi connectivity index (χ0v) is 17.4. The average Bonchev–Trinajstić information content (AvgIpc) is 2.76. The molecular formula is C22H26F3NO5. The smallest absolute Gasteiger partial charge is 0.333 e. The van der Waals surface area contributed by atoms with Gasteiger partial charge in [0, 0.05) is 19.6 Å². The Morgan fingerprint density at radius 2 is 1.71 bits per heavy atom. The van der Waals surface area contributed by atoms with Gasteiger partial charge in [0.1, 0.15) is 11.6 Å². The van der Waals surface area contributed by atoms with Gasteiger partial charge < -0.3 is 19.9 Å². The van der Waals surface area contributed by atoms with E-state index in [4.69, 9.17) is 9.47 Å². The van der Waals surface area contributed by atoms with Gasteiger partial charge in [0.05, 0.1) is 12.7 Å². The summed E-state index contributed by atoms with van der Waals surface area (Å²) in [7, 11) is 1.45. The monoisotopic (exact) mass is 441 g/mol. The molecule has 0 aliphatic carbocycles. The molecule has 1 amide bonds. The number of hydrogen-bond donors (Lipinski definition) is 2. The molecule has 0 bridgehead atoms. The number of halogens is 3. The third kappa shape index (κ3) is 9.08. The molecule has 0 aliphatic rings. The van der Waals surface area contributed by atoms with Crippen molar-refractivity contribution in [1.29, 1.82) is 0 Å². The van der Waals surface area contributed by atoms with Crippen LogP contribution in [0.2, 0.25) is 0 Å². The first-order chi connectivity index (χ1) is 14.9. The van der Waals surface area contributed by atoms with Gasteiger partial charge in [-0.15, -0.1) is 0 Å². The third-order valence-electron chi connectivity index (χ3n) is 4.09. The minimum absolute atomic E-state index is 0.136. The highest BCUT2D eigenvalue weighted by molar-refractivity contribution is 5.97. The highest BCUT2D eigenvalue weighted by Crippen LogP contribution is 2.21. The van der Waals surface area contributed by atoms with Crippen LogP contribution in [0.1, 0.15) is 34.8 Å². The van der Waals surface area contributed by atoms with Crippen LogP contribution in [-0.4, -0.2) is 43.7 Å². The fourth-order valence-corrected chi connectivity index (χ4v) is 2.63. The van der Waals surface area contributed by atoms with E-state index in [1.165, 1.54) is 19.2 Å². The molecule has 0 saturated heterocycles. The molecule has 0 spiro atoms. The van der Waals surface area contributed by atoms with Gasteiger partial charge in [0.15, 0.2) is 6.10 Å². The lowest BCUT2D eigenvalue weighted by Crippen LogP contribution is -2.27. The maximum absolute atomic E-state index is 13.0. The van der Waals surface area contributed by atoms with Gasteiger partial charge in [-0.25, -0.2) is 18.0 Å². The summed E-state index contributed by atoms with van der Waals surface area (Å²) in [5.74, 6) is -1.39. The lowest BCUT2D eigenvalue weighted by Gasteiger charge is -2.15. The Hall–Kier alpha value is -3.07. The first-order valence-corrected chi connectivity index (χ1v) is 9.52. The first kappa shape index (κ1) is 26.0. The van der Waals surface area contributed by atoms with E-state index in [0.717, 1.165) is 5.56 Å². The molecule has 0 saturated carbocycles. The Morgan fingerprint density at radius 1 is 1.10 bits per heavy atom. The Morgan fingerprint density at radius 3 is 2.26 bits per heavy atom. The number of aliphatic carboxylic acids is 1. The normalized spacial score (nSPS) is 11.1. The minimum atomic E-state index is -1.75. The Balaban J connectivity index is 0.00000151. The van der Waals surface area contributed by atoms with Crippen molar-refractivity contribution in [3.8, 4) is 5.75 Å². The molecule has 9 heteroatoms. The quantitative estimate of drug-likeness (QED) is 0.581. The fourth-order valence-electron chi connectivity index (χ4n) is 2.63. The summed E-state index contributed by atoms with van der Waals surface area (Å²) < 4.78 is 42.8. The molecule has 0 aromatic heterocycles. The lowest BCUT2D eigenvalue weighted by atomic mass is 10.0. The van der Waals surface area contributed by atoms with E-state index < -0.39 is 19.0 Å². The molecule has 170 valence electrons. The second kappa shape index (κ2) is 14.0. The Labute approximate surface area is 179 Å². The number of amides is 1. The molecule has 2 N–H and O–H groups in total. The lowest BCUT2D eigenvalue weighted by molar-refractivity contribution is -0.150. The van der Waals surface area contributed by atoms with Crippen molar-refractivity contribution >= 4 is 11.9 Å². The van der Waals surface area contributed by atoms with Crippen molar-refractivity contribution in [2.75, 3.05) is 20.6 Å². The molecule has 1 unspecified atom stereocenters. The largest absolute Gasteiger partial charge is 0.496 e. The minimum Gasteiger partial charge on any atom is -0.496 e. The predicted molar refractivity (Wildman–Crippen MR) is 109 cm³/mol. The first-order valence-electron chi connectivity index (χ1n) is 9.52. The maximum Gasteiger partial charge on any atom is 0.333 e. The van der Waals surface area contributed by atoms with Gasteiger partial charge >= 0.3 is 5.97 Å². The van der Waals surface area contributed by atoms with Gasteiger partial charge in [0.2, 0.25) is 6.93 Å². The maximum atomic E-state index is 13.0. The molecule has 2 aromatic rings. The van der Waals surface area contributed by atoms with Crippen LogP contribution in [0, 0.1) is 5.82 Å². The van der Waals surface area contributed by atoms with Gasteiger partial charge in [-0.05, 0) is 41.8 Å². The fraction of sp³-hybridized carbons (Fsp3) is 0.364. The molecule has 31 heavy (non-hydrogen) atoms. The molecular weight excluding hydrogens is 415 g/mol. The van der Waals surface area contributed by atoms with Crippen LogP contribution in [0.3, 0.4) is 0 Å². The van der Waals surface area contributed by atoms with Crippen molar-refractivity contribution in [1.82, 2.24) is 5.32 Å². The summed E-state index contributed by atoms with van der Waals surface area (Å²) in [4.78, 5) is 24.0. The van der Waals surface area contributed by atoms with E-state index in [0.29, 0.717) is 29.9 Å². The molecule has 0 heterocycles. The summed E-state index contributed by atoms with van der Waals surface area (Å²) in [6, 6.07) is 10.8. The summed E-state index contributed by atoms with van der Waals surface area (Å²) in [6.45, 7) is 0.720. The topological polar surface area (TPSA) is 84.9 Å². The van der Waals surface area contributed by atoms with E-state index in [9.17, 15) is 27.9 Å². The standard InChI is InChI=1S/C21H24FNO5.CH2F2/c1-3-10-28-19(21(25)26)12-15-6-9-18(27-2)17(11-15)20(24)23-13-14-4-7-16(22)8-5-14;2-1-3/h4-9,11,19H,3,10,12-13H2,1-2H3,(H,23,24)(H,25,26);1H2. The van der Waals surface area contributed by atoms with Crippen LogP contribution in [0.15, 0.2) is 42.5 Å². The van der Waals surface area contributed by atoms with Gasteiger partial charge in [-0.1, -0.05) is 25.1 Å². The number of rotatable bonds is 10. The van der Waals surface area contributed by atoms with Crippen molar-refractivity contribution in [2.45, 2.75) is 32.4 Å². The SMILES string of the molecule is CCCOC(Cc1ccc(OC)c(C(=O)NCc2ccc(F)cc2)c1)C(=O)O.FCF. The molecule has 0 aliphatic heterocycles. The number of ether oxygens (including phenoxy) is 2. The molecule has 2 rings (SSSR count). The number of methoxy groups -OCH3 is 1. The molecule has 0 fully saturated rings. The number of nitrogens with one attached hydrogen (secondary N) is 1. The number of benzene rings is 2. The molecule has 2 aromatic carbocycles. The van der Waals surface area contributed by atoms with E-state index in [2.05, 4.69) is 5.32 Å². The number of carboxylic acids is 1. The van der Waals surface area contributed by atoms with Crippen LogP contribution < -0.4 is 10.1 Å². The van der Waals surface area contributed by atoms with Crippen LogP contribution in [0.4, 0.5) is 13.2 Å². The molecule has 0 radical (unpaired) electrons. The van der Waals surface area contributed by atoms with Crippen molar-refractivity contribution < 1.29 is 37.3 Å². The van der Waals surface area contributed by atoms with Gasteiger partial charge in [-0.2, -0.15) is 0 Å². The van der Waals surface area contributed by atoms with Crippen molar-refractivity contribution in [3.63, 3.8) is 0 Å². The van der Waals surface area contributed by atoms with Crippen molar-refractivity contribution in [3.05, 3.63) is 65.0 Å². The van der Waals surface area contributed by atoms with Crippen LogP contribution in [-0.2, 0) is 22.5 Å². The second-order valence-corrected chi connectivity index (χ2v) is 6.35. The summed E-state index contributed by atoms with van der Waals surface area (Å²) >= 11 is 0. The summed E-state index contributed by atoms with van der Waals surface area (Å²) in [6.07, 6.45) is -0.135. The Bertz CT molecular complexity index is 830. The molecule has 6 nitrogen and oxygen atoms in total. The Kier molecular flexibility index (Phi) is 11.7. The second-order valence-electron chi connectivity index (χ2n) is 6.35. The summed E-state index contributed by atoms with van der Waals surface area (Å²) in [5.41, 5.74) is 1.70. The number of alkyl halides is 2. The number of carboxylic acid groups (broad SMARTS) is 1. The van der Waals surface area contributed by atoms with E-state index in [-0.39, 0.29) is 24.7 Å². The van der Waals surface area contributed by atoms with Gasteiger partial charge in [-0.3, -0.25) is 4.79 Å². The molecule has 1 atom stereocenters. The zero-order valence-electron chi connectivity index (χ0n) is 17.4. The zero-order chi connectivity index (χ0) is 23.2.